The zero-order chi connectivity index (χ0) is 19.9. The average molecular weight is 384 g/mol. The minimum atomic E-state index is -0.773. The molecule has 5 unspecified atom stereocenters. The molecular weight excluding hydrogens is 356 g/mol. The van der Waals surface area contributed by atoms with Gasteiger partial charge in [0.15, 0.2) is 5.78 Å². The van der Waals surface area contributed by atoms with Gasteiger partial charge in [-0.3, -0.25) is 14.4 Å². The molecule has 150 valence electrons. The summed E-state index contributed by atoms with van der Waals surface area (Å²) >= 11 is 0. The van der Waals surface area contributed by atoms with E-state index in [1.54, 1.807) is 6.08 Å². The molecule has 4 aliphatic carbocycles. The Morgan fingerprint density at radius 3 is 2.64 bits per heavy atom. The van der Waals surface area contributed by atoms with E-state index in [4.69, 9.17) is 4.74 Å². The summed E-state index contributed by atoms with van der Waals surface area (Å²) in [7, 11) is 0. The normalized spacial score (nSPS) is 47.0. The van der Waals surface area contributed by atoms with Crippen LogP contribution in [0.15, 0.2) is 23.3 Å². The van der Waals surface area contributed by atoms with Gasteiger partial charge in [-0.05, 0) is 56.4 Å². The first kappa shape index (κ1) is 18.1. The molecule has 1 N–H and O–H groups in total. The monoisotopic (exact) mass is 384 g/mol. The topological polar surface area (TPSA) is 80.7 Å². The molecule has 1 saturated heterocycles. The van der Waals surface area contributed by atoms with Crippen molar-refractivity contribution in [2.24, 2.45) is 28.6 Å². The number of allylic oxidation sites excluding steroid dienone is 4. The van der Waals surface area contributed by atoms with Gasteiger partial charge in [0.2, 0.25) is 0 Å². The van der Waals surface area contributed by atoms with Gasteiger partial charge in [0.25, 0.3) is 0 Å². The standard InChI is InChI=1S/C23H28O5/c1-21-7-3-14(24)11-13(21)12-15(20(26)27)19-16(21)4-8-22(2)17(19)5-9-23(22)10-6-18(25)28-23/h4,11,15,17,19H,3,5-10,12H2,1-2H3,(H,26,27)/t15?,17?,19?,21?,22?,23-/m1/s1. The fourth-order valence-corrected chi connectivity index (χ4v) is 7.39. The Balaban J connectivity index is 1.63. The summed E-state index contributed by atoms with van der Waals surface area (Å²) in [5.41, 5.74) is 1.40. The van der Waals surface area contributed by atoms with E-state index in [0.717, 1.165) is 37.7 Å². The van der Waals surface area contributed by atoms with E-state index in [9.17, 15) is 19.5 Å². The van der Waals surface area contributed by atoms with Gasteiger partial charge in [-0.15, -0.1) is 0 Å². The summed E-state index contributed by atoms with van der Waals surface area (Å²) in [6, 6.07) is 0. The Kier molecular flexibility index (Phi) is 3.61. The van der Waals surface area contributed by atoms with Gasteiger partial charge >= 0.3 is 11.9 Å². The van der Waals surface area contributed by atoms with E-state index in [1.807, 2.05) is 0 Å². The smallest absolute Gasteiger partial charge is 0.307 e. The van der Waals surface area contributed by atoms with Crippen molar-refractivity contribution in [2.75, 3.05) is 0 Å². The minimum Gasteiger partial charge on any atom is -0.481 e. The number of carbonyl (C=O) groups excluding carboxylic acids is 2. The van der Waals surface area contributed by atoms with Crippen molar-refractivity contribution in [3.05, 3.63) is 23.3 Å². The number of hydrogen-bond donors (Lipinski definition) is 1. The Labute approximate surface area is 165 Å². The number of ketones is 1. The number of carboxylic acid groups (broad SMARTS) is 1. The Morgan fingerprint density at radius 2 is 1.96 bits per heavy atom. The molecule has 0 aromatic rings. The number of aliphatic carboxylic acids is 1. The molecule has 0 aromatic carbocycles. The number of carboxylic acids is 1. The Hall–Kier alpha value is -1.91. The van der Waals surface area contributed by atoms with E-state index < -0.39 is 17.5 Å². The summed E-state index contributed by atoms with van der Waals surface area (Å²) in [5, 5.41) is 10.1. The maximum atomic E-state index is 12.3. The highest BCUT2D eigenvalue weighted by molar-refractivity contribution is 5.92. The first-order valence-corrected chi connectivity index (χ1v) is 10.6. The molecule has 5 nitrogen and oxygen atoms in total. The Bertz CT molecular complexity index is 853. The van der Waals surface area contributed by atoms with Crippen molar-refractivity contribution < 1.29 is 24.2 Å². The lowest BCUT2D eigenvalue weighted by Crippen LogP contribution is -2.53. The molecule has 5 aliphatic rings. The molecular formula is C23H28O5. The van der Waals surface area contributed by atoms with E-state index in [1.165, 1.54) is 5.57 Å². The largest absolute Gasteiger partial charge is 0.481 e. The molecule has 1 aliphatic heterocycles. The van der Waals surface area contributed by atoms with Crippen LogP contribution in [0, 0.1) is 28.6 Å². The van der Waals surface area contributed by atoms with Crippen LogP contribution in [0.3, 0.4) is 0 Å². The molecule has 3 fully saturated rings. The first-order chi connectivity index (χ1) is 13.2. The maximum Gasteiger partial charge on any atom is 0.307 e. The van der Waals surface area contributed by atoms with Crippen LogP contribution in [-0.4, -0.2) is 28.4 Å². The van der Waals surface area contributed by atoms with E-state index in [0.29, 0.717) is 19.3 Å². The van der Waals surface area contributed by atoms with Gasteiger partial charge in [0, 0.05) is 23.7 Å². The van der Waals surface area contributed by atoms with Gasteiger partial charge < -0.3 is 9.84 Å². The number of fused-ring (bicyclic) bond motifs is 6. The third kappa shape index (κ3) is 2.11. The van der Waals surface area contributed by atoms with Crippen LogP contribution in [0.25, 0.3) is 0 Å². The van der Waals surface area contributed by atoms with Crippen molar-refractivity contribution in [2.45, 2.75) is 70.8 Å². The van der Waals surface area contributed by atoms with Crippen LogP contribution in [0.4, 0.5) is 0 Å². The summed E-state index contributed by atoms with van der Waals surface area (Å²) < 4.78 is 5.93. The van der Waals surface area contributed by atoms with Crippen LogP contribution in [0.5, 0.6) is 0 Å². The van der Waals surface area contributed by atoms with Crippen molar-refractivity contribution in [1.29, 1.82) is 0 Å². The lowest BCUT2D eigenvalue weighted by Gasteiger charge is -2.56. The van der Waals surface area contributed by atoms with Gasteiger partial charge in [-0.2, -0.15) is 0 Å². The third-order valence-corrected chi connectivity index (χ3v) is 9.04. The molecule has 1 spiro atoms. The zero-order valence-electron chi connectivity index (χ0n) is 16.6. The SMILES string of the molecule is CC12CCC(=O)C=C1CC(C(=O)O)C1C2=CCC2(C)C1CC[C@@]21CCC(=O)O1. The number of carbonyl (C=O) groups is 3. The van der Waals surface area contributed by atoms with E-state index in [-0.39, 0.29) is 34.4 Å². The van der Waals surface area contributed by atoms with Crippen LogP contribution in [0.1, 0.15) is 65.2 Å². The van der Waals surface area contributed by atoms with Crippen LogP contribution in [-0.2, 0) is 19.1 Å². The molecule has 0 amide bonds. The summed E-state index contributed by atoms with van der Waals surface area (Å²) in [6.45, 7) is 4.42. The predicted octanol–water partition coefficient (Wildman–Crippen LogP) is 3.82. The predicted molar refractivity (Wildman–Crippen MR) is 101 cm³/mol. The fourth-order valence-electron chi connectivity index (χ4n) is 7.39. The maximum absolute atomic E-state index is 12.3. The minimum absolute atomic E-state index is 0.0368. The van der Waals surface area contributed by atoms with Gasteiger partial charge in [0.1, 0.15) is 5.60 Å². The quantitative estimate of drug-likeness (QED) is 0.549. The highest BCUT2D eigenvalue weighted by atomic mass is 16.6. The van der Waals surface area contributed by atoms with Crippen molar-refractivity contribution in [1.82, 2.24) is 0 Å². The number of ether oxygens (including phenoxy) is 1. The zero-order valence-corrected chi connectivity index (χ0v) is 16.6. The number of rotatable bonds is 1. The third-order valence-electron chi connectivity index (χ3n) is 9.04. The molecule has 1 heterocycles. The molecule has 5 rings (SSSR count). The highest BCUT2D eigenvalue weighted by Crippen LogP contribution is 2.68. The van der Waals surface area contributed by atoms with Gasteiger partial charge in [0.05, 0.1) is 5.92 Å². The lowest BCUT2D eigenvalue weighted by molar-refractivity contribution is -0.162. The molecule has 2 saturated carbocycles. The molecule has 28 heavy (non-hydrogen) atoms. The molecule has 6 atom stereocenters. The first-order valence-electron chi connectivity index (χ1n) is 10.6. The summed E-state index contributed by atoms with van der Waals surface area (Å²) in [6.07, 6.45) is 9.53. The van der Waals surface area contributed by atoms with Crippen LogP contribution >= 0.6 is 0 Å². The van der Waals surface area contributed by atoms with E-state index >= 15 is 0 Å². The van der Waals surface area contributed by atoms with E-state index in [2.05, 4.69) is 19.9 Å². The molecule has 0 radical (unpaired) electrons. The van der Waals surface area contributed by atoms with Crippen LogP contribution in [0.2, 0.25) is 0 Å². The van der Waals surface area contributed by atoms with Crippen molar-refractivity contribution in [3.8, 4) is 0 Å². The van der Waals surface area contributed by atoms with Gasteiger partial charge in [-0.25, -0.2) is 0 Å². The fraction of sp³-hybridized carbons (Fsp3) is 0.696. The van der Waals surface area contributed by atoms with Crippen molar-refractivity contribution >= 4 is 17.7 Å². The summed E-state index contributed by atoms with van der Waals surface area (Å²) in [5.74, 6) is -1.10. The number of hydrogen-bond acceptors (Lipinski definition) is 4. The number of esters is 1. The molecule has 0 aromatic heterocycles. The second-order valence-electron chi connectivity index (χ2n) is 10.0. The highest BCUT2D eigenvalue weighted by Gasteiger charge is 2.67. The van der Waals surface area contributed by atoms with Crippen LogP contribution < -0.4 is 0 Å². The molecule has 0 bridgehead atoms. The molecule has 5 heteroatoms. The average Bonchev–Trinajstić information content (AvgIpc) is 3.16. The summed E-state index contributed by atoms with van der Waals surface area (Å²) in [4.78, 5) is 36.3. The second-order valence-corrected chi connectivity index (χ2v) is 10.0. The Morgan fingerprint density at radius 1 is 1.18 bits per heavy atom. The lowest BCUT2D eigenvalue weighted by atomic mass is 9.48. The van der Waals surface area contributed by atoms with Gasteiger partial charge in [-0.1, -0.05) is 31.1 Å². The second kappa shape index (κ2) is 5.58. The van der Waals surface area contributed by atoms with Crippen molar-refractivity contribution in [3.63, 3.8) is 0 Å².